The van der Waals surface area contributed by atoms with Gasteiger partial charge in [-0.05, 0) is 19.1 Å². The molecule has 0 unspecified atom stereocenters. The summed E-state index contributed by atoms with van der Waals surface area (Å²) in [4.78, 5) is 12.7. The van der Waals surface area contributed by atoms with Gasteiger partial charge in [-0.1, -0.05) is 0 Å². The molecule has 134 valence electrons. The summed E-state index contributed by atoms with van der Waals surface area (Å²) in [5.74, 6) is 1.09. The first-order valence-corrected chi connectivity index (χ1v) is 7.86. The van der Waals surface area contributed by atoms with Crippen LogP contribution < -0.4 is 11.1 Å². The number of halogens is 2. The molecule has 26 heavy (non-hydrogen) atoms. The molecule has 3 aromatic heterocycles. The molecule has 8 nitrogen and oxygen atoms in total. The number of anilines is 2. The largest absolute Gasteiger partial charge is 0.383 e. The normalized spacial score (nSPS) is 11.0. The van der Waals surface area contributed by atoms with Crippen molar-refractivity contribution in [2.24, 2.45) is 0 Å². The predicted molar refractivity (Wildman–Crippen MR) is 90.8 cm³/mol. The fraction of sp³-hybridized carbons (Fsp3) is 0.312. The van der Waals surface area contributed by atoms with E-state index in [9.17, 15) is 8.78 Å². The van der Waals surface area contributed by atoms with Crippen molar-refractivity contribution >= 4 is 17.4 Å². The van der Waals surface area contributed by atoms with Crippen molar-refractivity contribution in [1.29, 1.82) is 5.26 Å². The van der Waals surface area contributed by atoms with Crippen molar-refractivity contribution in [2.45, 2.75) is 26.2 Å². The molecule has 0 bridgehead atoms. The highest BCUT2D eigenvalue weighted by Crippen LogP contribution is 2.21. The minimum Gasteiger partial charge on any atom is -0.383 e. The van der Waals surface area contributed by atoms with E-state index >= 15 is 0 Å². The number of hydrogen-bond donors (Lipinski definition) is 2. The molecule has 0 aliphatic heterocycles. The van der Waals surface area contributed by atoms with Gasteiger partial charge in [0.25, 0.3) is 5.78 Å². The van der Waals surface area contributed by atoms with Gasteiger partial charge in [-0.2, -0.15) is 19.9 Å². The number of fused-ring (bicyclic) bond motifs is 1. The number of hydrogen-bond acceptors (Lipinski definition) is 7. The van der Waals surface area contributed by atoms with E-state index in [1.807, 2.05) is 13.0 Å². The number of aryl methyl sites for hydroxylation is 1. The highest BCUT2D eigenvalue weighted by molar-refractivity contribution is 5.54. The van der Waals surface area contributed by atoms with Crippen LogP contribution >= 0.6 is 0 Å². The summed E-state index contributed by atoms with van der Waals surface area (Å²) < 4.78 is 26.1. The van der Waals surface area contributed by atoms with Crippen LogP contribution in [0.2, 0.25) is 0 Å². The van der Waals surface area contributed by atoms with Crippen LogP contribution in [-0.2, 0) is 6.42 Å². The van der Waals surface area contributed by atoms with E-state index < -0.39 is 6.43 Å². The van der Waals surface area contributed by atoms with Gasteiger partial charge in [0.1, 0.15) is 24.0 Å². The van der Waals surface area contributed by atoms with Crippen LogP contribution in [0.5, 0.6) is 0 Å². The Morgan fingerprint density at radius 2 is 2.15 bits per heavy atom. The smallest absolute Gasteiger partial charge is 0.254 e. The van der Waals surface area contributed by atoms with Crippen LogP contribution in [0.15, 0.2) is 18.5 Å². The van der Waals surface area contributed by atoms with Crippen LogP contribution in [0.25, 0.3) is 5.78 Å². The number of aromatic nitrogens is 5. The summed E-state index contributed by atoms with van der Waals surface area (Å²) >= 11 is 0. The summed E-state index contributed by atoms with van der Waals surface area (Å²) in [5.41, 5.74) is 8.51. The molecular formula is C16H16F2N8. The van der Waals surface area contributed by atoms with Crippen molar-refractivity contribution in [1.82, 2.24) is 24.6 Å². The first-order chi connectivity index (χ1) is 12.5. The SMILES string of the molecule is Cc1nc2ncnn2c(N)c1Cc1ccc(C#N)c(NCCC(F)F)n1. The monoisotopic (exact) mass is 358 g/mol. The maximum absolute atomic E-state index is 12.3. The maximum Gasteiger partial charge on any atom is 0.254 e. The van der Waals surface area contributed by atoms with E-state index in [-0.39, 0.29) is 24.3 Å². The molecule has 10 heteroatoms. The van der Waals surface area contributed by atoms with Crippen molar-refractivity contribution in [2.75, 3.05) is 17.6 Å². The lowest BCUT2D eigenvalue weighted by molar-refractivity contribution is 0.142. The summed E-state index contributed by atoms with van der Waals surface area (Å²) in [6.45, 7) is 1.84. The van der Waals surface area contributed by atoms with Crippen LogP contribution in [0.1, 0.15) is 28.9 Å². The lowest BCUT2D eigenvalue weighted by atomic mass is 10.1. The number of nitrogens with zero attached hydrogens (tertiary/aromatic N) is 6. The molecule has 0 aliphatic rings. The quantitative estimate of drug-likeness (QED) is 0.691. The molecule has 0 radical (unpaired) electrons. The minimum atomic E-state index is -2.42. The Bertz CT molecular complexity index is 976. The number of pyridine rings is 1. The third kappa shape index (κ3) is 3.51. The second kappa shape index (κ2) is 7.26. The molecule has 3 heterocycles. The van der Waals surface area contributed by atoms with Gasteiger partial charge < -0.3 is 11.1 Å². The van der Waals surface area contributed by atoms with Gasteiger partial charge in [0, 0.05) is 36.3 Å². The molecule has 3 aromatic rings. The second-order valence-electron chi connectivity index (χ2n) is 5.63. The fourth-order valence-electron chi connectivity index (χ4n) is 2.53. The molecule has 0 amide bonds. The average Bonchev–Trinajstić information content (AvgIpc) is 3.07. The van der Waals surface area contributed by atoms with E-state index in [0.717, 1.165) is 5.56 Å². The van der Waals surface area contributed by atoms with E-state index in [2.05, 4.69) is 25.4 Å². The summed E-state index contributed by atoms with van der Waals surface area (Å²) in [5, 5.41) is 16.0. The molecule has 0 fully saturated rings. The highest BCUT2D eigenvalue weighted by atomic mass is 19.3. The van der Waals surface area contributed by atoms with Crippen molar-refractivity contribution in [3.8, 4) is 6.07 Å². The topological polar surface area (TPSA) is 118 Å². The Morgan fingerprint density at radius 1 is 1.35 bits per heavy atom. The summed E-state index contributed by atoms with van der Waals surface area (Å²) in [6, 6.07) is 5.29. The molecular weight excluding hydrogens is 342 g/mol. The number of rotatable bonds is 6. The molecule has 0 atom stereocenters. The number of nitrogen functional groups attached to an aromatic ring is 1. The van der Waals surface area contributed by atoms with Crippen LogP contribution in [-0.4, -0.2) is 37.5 Å². The first kappa shape index (κ1) is 17.5. The van der Waals surface area contributed by atoms with Crippen molar-refractivity contribution in [3.05, 3.63) is 41.0 Å². The Hall–Kier alpha value is -3.35. The molecule has 3 N–H and O–H groups in total. The molecule has 0 aliphatic carbocycles. The Labute approximate surface area is 147 Å². The van der Waals surface area contributed by atoms with Crippen molar-refractivity contribution < 1.29 is 8.78 Å². The van der Waals surface area contributed by atoms with Gasteiger partial charge in [0.2, 0.25) is 6.43 Å². The van der Waals surface area contributed by atoms with Gasteiger partial charge in [0.15, 0.2) is 0 Å². The lowest BCUT2D eigenvalue weighted by Crippen LogP contribution is -2.11. The minimum absolute atomic E-state index is 0.0242. The van der Waals surface area contributed by atoms with Gasteiger partial charge in [-0.15, -0.1) is 0 Å². The van der Waals surface area contributed by atoms with E-state index in [1.165, 1.54) is 10.8 Å². The van der Waals surface area contributed by atoms with Crippen molar-refractivity contribution in [3.63, 3.8) is 0 Å². The fourth-order valence-corrected chi connectivity index (χ4v) is 2.53. The Kier molecular flexibility index (Phi) is 4.88. The first-order valence-electron chi connectivity index (χ1n) is 7.86. The third-order valence-electron chi connectivity index (χ3n) is 3.86. The summed E-state index contributed by atoms with van der Waals surface area (Å²) in [6.07, 6.45) is -1.02. The number of alkyl halides is 2. The molecule has 3 rings (SSSR count). The molecule has 0 aromatic carbocycles. The molecule has 0 saturated heterocycles. The van der Waals surface area contributed by atoms with E-state index in [1.54, 1.807) is 12.1 Å². The zero-order chi connectivity index (χ0) is 18.7. The zero-order valence-electron chi connectivity index (χ0n) is 13.9. The zero-order valence-corrected chi connectivity index (χ0v) is 13.9. The van der Waals surface area contributed by atoms with Gasteiger partial charge in [0.05, 0.1) is 5.56 Å². The third-order valence-corrected chi connectivity index (χ3v) is 3.86. The Morgan fingerprint density at radius 3 is 2.88 bits per heavy atom. The number of nitrogens with two attached hydrogens (primary N) is 1. The van der Waals surface area contributed by atoms with Crippen LogP contribution in [0, 0.1) is 18.3 Å². The number of nitriles is 1. The average molecular weight is 358 g/mol. The molecule has 0 spiro atoms. The van der Waals surface area contributed by atoms with Gasteiger partial charge >= 0.3 is 0 Å². The van der Waals surface area contributed by atoms with Crippen LogP contribution in [0.4, 0.5) is 20.4 Å². The molecule has 0 saturated carbocycles. The van der Waals surface area contributed by atoms with Gasteiger partial charge in [-0.25, -0.2) is 18.7 Å². The van der Waals surface area contributed by atoms with E-state index in [0.29, 0.717) is 29.4 Å². The standard InChI is InChI=1S/C16H16F2N8/c1-9-12(14(20)26-16(24-9)22-8-23-26)6-11-3-2-10(7-19)15(25-11)21-5-4-13(17)18/h2-3,8,13H,4-6,20H2,1H3,(H,21,25). The predicted octanol–water partition coefficient (Wildman–Crippen LogP) is 1.94. The van der Waals surface area contributed by atoms with E-state index in [4.69, 9.17) is 11.0 Å². The lowest BCUT2D eigenvalue weighted by Gasteiger charge is -2.12. The Balaban J connectivity index is 1.89. The maximum atomic E-state index is 12.3. The number of nitrogens with one attached hydrogen (secondary N) is 1. The van der Waals surface area contributed by atoms with Crippen LogP contribution in [0.3, 0.4) is 0 Å². The second-order valence-corrected chi connectivity index (χ2v) is 5.63. The van der Waals surface area contributed by atoms with Gasteiger partial charge in [-0.3, -0.25) is 0 Å². The summed E-state index contributed by atoms with van der Waals surface area (Å²) in [7, 11) is 0. The highest BCUT2D eigenvalue weighted by Gasteiger charge is 2.14.